The van der Waals surface area contributed by atoms with E-state index in [0.29, 0.717) is 10.5 Å². The van der Waals surface area contributed by atoms with E-state index >= 15 is 0 Å². The first-order valence-electron chi connectivity index (χ1n) is 6.24. The number of rotatable bonds is 3. The molecule has 1 aromatic carbocycles. The first kappa shape index (κ1) is 14.0. The maximum absolute atomic E-state index is 9.75. The zero-order chi connectivity index (χ0) is 13.2. The summed E-state index contributed by atoms with van der Waals surface area (Å²) >= 11 is 3.29. The van der Waals surface area contributed by atoms with Gasteiger partial charge in [-0.25, -0.2) is 0 Å². The first-order valence-corrected chi connectivity index (χ1v) is 9.01. The third-order valence-electron chi connectivity index (χ3n) is 3.37. The highest BCUT2D eigenvalue weighted by molar-refractivity contribution is 9.10. The van der Waals surface area contributed by atoms with Gasteiger partial charge in [0.05, 0.1) is 4.47 Å². The van der Waals surface area contributed by atoms with Crippen LogP contribution in [0.15, 0.2) is 27.6 Å². The molecule has 0 spiro atoms. The van der Waals surface area contributed by atoms with Gasteiger partial charge in [0.1, 0.15) is 5.75 Å². The Morgan fingerprint density at radius 3 is 2.50 bits per heavy atom. The smallest absolute Gasteiger partial charge is 0.130 e. The van der Waals surface area contributed by atoms with Gasteiger partial charge in [-0.2, -0.15) is 0 Å². The van der Waals surface area contributed by atoms with Crippen LogP contribution >= 0.6 is 25.3 Å². The van der Waals surface area contributed by atoms with Gasteiger partial charge in [-0.1, -0.05) is 31.0 Å². The third kappa shape index (κ3) is 3.31. The average Bonchev–Trinajstić information content (AvgIpc) is 2.33. The number of halogens is 1. The molecule has 0 amide bonds. The van der Waals surface area contributed by atoms with Crippen molar-refractivity contribution in [2.24, 2.45) is 0 Å². The van der Waals surface area contributed by atoms with Crippen molar-refractivity contribution in [3.63, 3.8) is 0 Å². The van der Waals surface area contributed by atoms with E-state index < -0.39 is 9.39 Å². The molecule has 4 heteroatoms. The molecule has 0 aromatic heterocycles. The molecule has 0 atom stereocenters. The van der Waals surface area contributed by atoms with E-state index in [1.807, 2.05) is 12.1 Å². The molecule has 0 bridgehead atoms. The molecular weight excluding hydrogens is 310 g/mol. The molecule has 0 radical (unpaired) electrons. The maximum Gasteiger partial charge on any atom is 0.130 e. The number of benzene rings is 1. The summed E-state index contributed by atoms with van der Waals surface area (Å²) in [6, 6.07) is 6.12. The zero-order valence-electron chi connectivity index (χ0n) is 10.5. The number of nitrogens with one attached hydrogen (secondary N) is 1. The Kier molecular flexibility index (Phi) is 4.41. The van der Waals surface area contributed by atoms with Gasteiger partial charge >= 0.3 is 0 Å². The fourth-order valence-corrected chi connectivity index (χ4v) is 4.27. The second kappa shape index (κ2) is 5.68. The van der Waals surface area contributed by atoms with E-state index in [1.54, 1.807) is 6.07 Å². The van der Waals surface area contributed by atoms with Gasteiger partial charge in [-0.15, -0.1) is 9.39 Å². The van der Waals surface area contributed by atoms with Crippen LogP contribution in [0.2, 0.25) is 0 Å². The molecule has 2 rings (SSSR count). The summed E-state index contributed by atoms with van der Waals surface area (Å²) in [7, 11) is -1.53. The molecule has 100 valence electrons. The van der Waals surface area contributed by atoms with Gasteiger partial charge in [0.15, 0.2) is 0 Å². The molecular formula is C14H20BrNOS. The average molecular weight is 330 g/mol. The molecule has 2 nitrogen and oxygen atoms in total. The topological polar surface area (TPSA) is 32.3 Å². The van der Waals surface area contributed by atoms with Crippen molar-refractivity contribution < 1.29 is 5.11 Å². The van der Waals surface area contributed by atoms with E-state index in [4.69, 9.17) is 0 Å². The van der Waals surface area contributed by atoms with Crippen LogP contribution in [0.25, 0.3) is 0 Å². The second-order valence-electron chi connectivity index (χ2n) is 4.95. The Labute approximate surface area is 118 Å². The van der Waals surface area contributed by atoms with E-state index in [0.717, 1.165) is 4.90 Å². The predicted molar refractivity (Wildman–Crippen MR) is 85.9 cm³/mol. The highest BCUT2D eigenvalue weighted by Gasteiger charge is 2.15. The van der Waals surface area contributed by atoms with Crippen LogP contribution in [0.5, 0.6) is 5.75 Å². The SMILES string of the molecule is C=S(=C)(NC1CCCCC1)c1ccc(Br)c(O)c1. The number of aromatic hydroxyl groups is 1. The summed E-state index contributed by atoms with van der Waals surface area (Å²) in [5, 5.41) is 9.75. The minimum atomic E-state index is -1.53. The molecule has 0 heterocycles. The highest BCUT2D eigenvalue weighted by Crippen LogP contribution is 2.35. The second-order valence-corrected chi connectivity index (χ2v) is 8.28. The quantitative estimate of drug-likeness (QED) is 0.821. The highest BCUT2D eigenvalue weighted by atomic mass is 79.9. The van der Waals surface area contributed by atoms with Crippen LogP contribution in [-0.2, 0) is 0 Å². The summed E-state index contributed by atoms with van der Waals surface area (Å²) in [5.74, 6) is 8.73. The van der Waals surface area contributed by atoms with Crippen molar-refractivity contribution in [3.05, 3.63) is 22.7 Å². The van der Waals surface area contributed by atoms with Crippen LogP contribution in [-0.4, -0.2) is 22.9 Å². The molecule has 1 aliphatic rings. The summed E-state index contributed by atoms with van der Waals surface area (Å²) in [6.45, 7) is 0. The summed E-state index contributed by atoms with van der Waals surface area (Å²) in [6.07, 6.45) is 6.34. The lowest BCUT2D eigenvalue weighted by Crippen LogP contribution is -2.28. The van der Waals surface area contributed by atoms with Crippen molar-refractivity contribution in [2.75, 3.05) is 0 Å². The Bertz CT molecular complexity index is 519. The number of hydrogen-bond acceptors (Lipinski definition) is 2. The third-order valence-corrected chi connectivity index (χ3v) is 5.98. The Balaban J connectivity index is 2.16. The summed E-state index contributed by atoms with van der Waals surface area (Å²) in [4.78, 5) is 0.994. The maximum atomic E-state index is 9.75. The molecule has 18 heavy (non-hydrogen) atoms. The molecule has 0 saturated heterocycles. The van der Waals surface area contributed by atoms with Crippen LogP contribution in [0, 0.1) is 0 Å². The van der Waals surface area contributed by atoms with E-state index in [1.165, 1.54) is 32.1 Å². The van der Waals surface area contributed by atoms with Crippen LogP contribution in [0.4, 0.5) is 0 Å². The van der Waals surface area contributed by atoms with Gasteiger partial charge < -0.3 is 5.11 Å². The van der Waals surface area contributed by atoms with Crippen LogP contribution in [0.3, 0.4) is 0 Å². The van der Waals surface area contributed by atoms with E-state index in [-0.39, 0.29) is 5.75 Å². The number of phenols is 1. The fraction of sp³-hybridized carbons (Fsp3) is 0.429. The predicted octanol–water partition coefficient (Wildman–Crippen LogP) is 4.02. The first-order chi connectivity index (χ1) is 8.49. The van der Waals surface area contributed by atoms with E-state index in [2.05, 4.69) is 32.4 Å². The lowest BCUT2D eigenvalue weighted by atomic mass is 9.96. The monoisotopic (exact) mass is 329 g/mol. The van der Waals surface area contributed by atoms with Crippen molar-refractivity contribution in [1.29, 1.82) is 0 Å². The molecule has 1 aliphatic carbocycles. The van der Waals surface area contributed by atoms with Crippen LogP contribution < -0.4 is 4.72 Å². The van der Waals surface area contributed by atoms with Gasteiger partial charge in [-0.3, -0.25) is 4.72 Å². The normalized spacial score (nSPS) is 17.8. The van der Waals surface area contributed by atoms with Crippen molar-refractivity contribution in [3.8, 4) is 5.75 Å². The van der Waals surface area contributed by atoms with Crippen LogP contribution in [0.1, 0.15) is 32.1 Å². The minimum Gasteiger partial charge on any atom is -0.507 e. The van der Waals surface area contributed by atoms with Crippen molar-refractivity contribution >= 4 is 37.1 Å². The summed E-state index contributed by atoms with van der Waals surface area (Å²) in [5.41, 5.74) is 0. The van der Waals surface area contributed by atoms with Gasteiger partial charge in [0, 0.05) is 10.9 Å². The van der Waals surface area contributed by atoms with Gasteiger partial charge in [-0.05, 0) is 47.0 Å². The molecule has 1 saturated carbocycles. The Morgan fingerprint density at radius 2 is 1.89 bits per heavy atom. The number of hydrogen-bond donors (Lipinski definition) is 2. The van der Waals surface area contributed by atoms with Crippen molar-refractivity contribution in [2.45, 2.75) is 43.0 Å². The molecule has 1 aromatic rings. The van der Waals surface area contributed by atoms with Gasteiger partial charge in [0.2, 0.25) is 0 Å². The van der Waals surface area contributed by atoms with Crippen molar-refractivity contribution in [1.82, 2.24) is 4.72 Å². The fourth-order valence-electron chi connectivity index (χ4n) is 2.34. The Morgan fingerprint density at radius 1 is 1.22 bits per heavy atom. The lowest BCUT2D eigenvalue weighted by Gasteiger charge is -2.28. The summed E-state index contributed by atoms with van der Waals surface area (Å²) < 4.78 is 4.30. The zero-order valence-corrected chi connectivity index (χ0v) is 12.9. The Hall–Kier alpha value is -0.450. The lowest BCUT2D eigenvalue weighted by molar-refractivity contribution is 0.423. The molecule has 0 aliphatic heterocycles. The van der Waals surface area contributed by atoms with E-state index in [9.17, 15) is 5.11 Å². The molecule has 2 N–H and O–H groups in total. The minimum absolute atomic E-state index is 0.252. The largest absolute Gasteiger partial charge is 0.507 e. The molecule has 1 fully saturated rings. The van der Waals surface area contributed by atoms with Gasteiger partial charge in [0.25, 0.3) is 0 Å². The number of phenolic OH excluding ortho intramolecular Hbond substituents is 1. The molecule has 0 unspecified atom stereocenters. The standard InChI is InChI=1S/C14H20BrNOS/c1-18(2,16-11-6-4-3-5-7-11)12-8-9-13(15)14(17)10-12/h8-11,16-17H,1-7H2.